The summed E-state index contributed by atoms with van der Waals surface area (Å²) in [5.74, 6) is 0. The summed E-state index contributed by atoms with van der Waals surface area (Å²) >= 11 is 0. The molecule has 0 radical (unpaired) electrons. The smallest absolute Gasteiger partial charge is 0.328 e. The molecule has 0 aliphatic carbocycles. The van der Waals surface area contributed by atoms with Crippen molar-refractivity contribution < 1.29 is 9.84 Å². The van der Waals surface area contributed by atoms with Crippen LogP contribution in [0.3, 0.4) is 0 Å². The third kappa shape index (κ3) is 3.21. The lowest BCUT2D eigenvalue weighted by Gasteiger charge is -2.08. The number of aliphatic hydroxyl groups is 1. The van der Waals surface area contributed by atoms with Gasteiger partial charge in [0.15, 0.2) is 0 Å². The maximum atomic E-state index is 11.7. The van der Waals surface area contributed by atoms with E-state index in [-0.39, 0.29) is 18.8 Å². The van der Waals surface area contributed by atoms with Gasteiger partial charge in [-0.1, -0.05) is 6.92 Å². The van der Waals surface area contributed by atoms with Crippen molar-refractivity contribution in [3.05, 3.63) is 22.9 Å². The number of aromatic nitrogens is 2. The number of rotatable bonds is 6. The van der Waals surface area contributed by atoms with Crippen LogP contribution in [0.5, 0.6) is 0 Å². The van der Waals surface area contributed by atoms with Gasteiger partial charge in [0.05, 0.1) is 19.3 Å². The molecule has 5 heteroatoms. The highest BCUT2D eigenvalue weighted by Gasteiger charge is 2.08. The SMILES string of the molecule is CCCn1ccn(CC(O)COC)c1=O. The van der Waals surface area contributed by atoms with Gasteiger partial charge in [0, 0.05) is 26.0 Å². The summed E-state index contributed by atoms with van der Waals surface area (Å²) in [7, 11) is 1.52. The third-order valence-corrected chi connectivity index (χ3v) is 2.15. The van der Waals surface area contributed by atoms with E-state index in [0.29, 0.717) is 6.54 Å². The summed E-state index contributed by atoms with van der Waals surface area (Å²) in [5.41, 5.74) is -0.0768. The van der Waals surface area contributed by atoms with E-state index in [1.807, 2.05) is 6.92 Å². The zero-order chi connectivity index (χ0) is 11.3. The fourth-order valence-electron chi connectivity index (χ4n) is 1.48. The first-order chi connectivity index (χ1) is 7.19. The Balaban J connectivity index is 2.66. The van der Waals surface area contributed by atoms with Crippen molar-refractivity contribution in [3.63, 3.8) is 0 Å². The number of methoxy groups -OCH3 is 1. The van der Waals surface area contributed by atoms with Crippen molar-refractivity contribution in [3.8, 4) is 0 Å². The minimum Gasteiger partial charge on any atom is -0.389 e. The summed E-state index contributed by atoms with van der Waals surface area (Å²) in [6, 6.07) is 0. The van der Waals surface area contributed by atoms with Crippen molar-refractivity contribution in [2.24, 2.45) is 0 Å². The summed E-state index contributed by atoms with van der Waals surface area (Å²) in [5, 5.41) is 9.47. The number of aryl methyl sites for hydroxylation is 1. The molecule has 15 heavy (non-hydrogen) atoms. The molecule has 1 N–H and O–H groups in total. The average Bonchev–Trinajstić information content (AvgIpc) is 2.51. The molecule has 86 valence electrons. The molecule has 0 spiro atoms. The van der Waals surface area contributed by atoms with E-state index in [1.54, 1.807) is 17.0 Å². The number of imidazole rings is 1. The molecule has 1 atom stereocenters. The van der Waals surface area contributed by atoms with Crippen molar-refractivity contribution in [1.82, 2.24) is 9.13 Å². The Kier molecular flexibility index (Phi) is 4.58. The highest BCUT2D eigenvalue weighted by molar-refractivity contribution is 4.82. The van der Waals surface area contributed by atoms with Gasteiger partial charge in [-0.25, -0.2) is 4.79 Å². The van der Waals surface area contributed by atoms with E-state index >= 15 is 0 Å². The molecule has 0 amide bonds. The van der Waals surface area contributed by atoms with E-state index in [4.69, 9.17) is 4.74 Å². The fourth-order valence-corrected chi connectivity index (χ4v) is 1.48. The molecule has 0 saturated heterocycles. The van der Waals surface area contributed by atoms with E-state index < -0.39 is 6.10 Å². The van der Waals surface area contributed by atoms with E-state index in [1.165, 1.54) is 11.7 Å². The van der Waals surface area contributed by atoms with Crippen molar-refractivity contribution in [2.45, 2.75) is 32.5 Å². The Bertz CT molecular complexity index is 343. The Hall–Kier alpha value is -1.07. The Morgan fingerprint density at radius 3 is 2.73 bits per heavy atom. The maximum Gasteiger partial charge on any atom is 0.328 e. The second kappa shape index (κ2) is 5.72. The largest absolute Gasteiger partial charge is 0.389 e. The van der Waals surface area contributed by atoms with E-state index in [2.05, 4.69) is 0 Å². The van der Waals surface area contributed by atoms with Gasteiger partial charge in [-0.15, -0.1) is 0 Å². The molecule has 0 fully saturated rings. The number of hydrogen-bond acceptors (Lipinski definition) is 3. The van der Waals surface area contributed by atoms with Crippen molar-refractivity contribution in [1.29, 1.82) is 0 Å². The highest BCUT2D eigenvalue weighted by atomic mass is 16.5. The molecule has 1 aromatic rings. The molecule has 1 rings (SSSR count). The van der Waals surface area contributed by atoms with Crippen LogP contribution in [0.15, 0.2) is 17.2 Å². The lowest BCUT2D eigenvalue weighted by atomic mass is 10.4. The highest BCUT2D eigenvalue weighted by Crippen LogP contribution is 1.92. The van der Waals surface area contributed by atoms with Crippen LogP contribution in [0.25, 0.3) is 0 Å². The monoisotopic (exact) mass is 214 g/mol. The fraction of sp³-hybridized carbons (Fsp3) is 0.700. The minimum atomic E-state index is -0.634. The van der Waals surface area contributed by atoms with Crippen molar-refractivity contribution >= 4 is 0 Å². The van der Waals surface area contributed by atoms with Gasteiger partial charge < -0.3 is 9.84 Å². The van der Waals surface area contributed by atoms with Gasteiger partial charge in [0.25, 0.3) is 0 Å². The third-order valence-electron chi connectivity index (χ3n) is 2.15. The van der Waals surface area contributed by atoms with Crippen LogP contribution in [-0.2, 0) is 17.8 Å². The van der Waals surface area contributed by atoms with Gasteiger partial charge >= 0.3 is 5.69 Å². The first-order valence-corrected chi connectivity index (χ1v) is 5.11. The summed E-state index contributed by atoms with van der Waals surface area (Å²) in [6.45, 7) is 3.25. The number of ether oxygens (including phenoxy) is 1. The number of hydrogen-bond donors (Lipinski definition) is 1. The van der Waals surface area contributed by atoms with Crippen molar-refractivity contribution in [2.75, 3.05) is 13.7 Å². The normalized spacial score (nSPS) is 13.0. The molecule has 0 aliphatic rings. The lowest BCUT2D eigenvalue weighted by molar-refractivity contribution is 0.0529. The summed E-state index contributed by atoms with van der Waals surface area (Å²) in [6.07, 6.45) is 3.72. The molecular formula is C10H18N2O3. The summed E-state index contributed by atoms with van der Waals surface area (Å²) in [4.78, 5) is 11.7. The summed E-state index contributed by atoms with van der Waals surface area (Å²) < 4.78 is 7.94. The van der Waals surface area contributed by atoms with Gasteiger partial charge in [-0.3, -0.25) is 9.13 Å². The van der Waals surface area contributed by atoms with Gasteiger partial charge in [-0.05, 0) is 6.42 Å². The zero-order valence-electron chi connectivity index (χ0n) is 9.22. The Morgan fingerprint density at radius 2 is 2.13 bits per heavy atom. The molecule has 1 aromatic heterocycles. The second-order valence-corrected chi connectivity index (χ2v) is 3.54. The van der Waals surface area contributed by atoms with Crippen LogP contribution >= 0.6 is 0 Å². The molecule has 0 aromatic carbocycles. The first-order valence-electron chi connectivity index (χ1n) is 5.11. The Morgan fingerprint density at radius 1 is 1.47 bits per heavy atom. The number of nitrogens with zero attached hydrogens (tertiary/aromatic N) is 2. The average molecular weight is 214 g/mol. The van der Waals surface area contributed by atoms with Gasteiger partial charge in [-0.2, -0.15) is 0 Å². The molecule has 0 saturated carbocycles. The topological polar surface area (TPSA) is 56.4 Å². The van der Waals surface area contributed by atoms with Gasteiger partial charge in [0.2, 0.25) is 0 Å². The van der Waals surface area contributed by atoms with E-state index in [9.17, 15) is 9.90 Å². The predicted octanol–water partition coefficient (Wildman–Crippen LogP) is 0.0671. The van der Waals surface area contributed by atoms with Crippen LogP contribution in [0.1, 0.15) is 13.3 Å². The number of aliphatic hydroxyl groups excluding tert-OH is 1. The van der Waals surface area contributed by atoms with E-state index in [0.717, 1.165) is 6.42 Å². The van der Waals surface area contributed by atoms with Crippen LogP contribution in [-0.4, -0.2) is 34.1 Å². The first kappa shape index (κ1) is 12.0. The van der Waals surface area contributed by atoms with Crippen LogP contribution < -0.4 is 5.69 Å². The standard InChI is InChI=1S/C10H18N2O3/c1-3-4-11-5-6-12(10(11)14)7-9(13)8-15-2/h5-6,9,13H,3-4,7-8H2,1-2H3. The molecule has 5 nitrogen and oxygen atoms in total. The molecule has 0 aliphatic heterocycles. The predicted molar refractivity (Wildman–Crippen MR) is 56.9 cm³/mol. The molecule has 1 heterocycles. The second-order valence-electron chi connectivity index (χ2n) is 3.54. The maximum absolute atomic E-state index is 11.7. The molecular weight excluding hydrogens is 196 g/mol. The minimum absolute atomic E-state index is 0.0768. The lowest BCUT2D eigenvalue weighted by Crippen LogP contribution is -2.30. The molecule has 0 bridgehead atoms. The van der Waals surface area contributed by atoms with Crippen LogP contribution in [0.2, 0.25) is 0 Å². The Labute approximate surface area is 88.9 Å². The van der Waals surface area contributed by atoms with Crippen LogP contribution in [0.4, 0.5) is 0 Å². The quantitative estimate of drug-likeness (QED) is 0.729. The molecule has 1 unspecified atom stereocenters. The zero-order valence-corrected chi connectivity index (χ0v) is 9.22. The van der Waals surface area contributed by atoms with Gasteiger partial charge in [0.1, 0.15) is 0 Å². The van der Waals surface area contributed by atoms with Crippen LogP contribution in [0, 0.1) is 0 Å².